The highest BCUT2D eigenvalue weighted by molar-refractivity contribution is 6.42. The lowest BCUT2D eigenvalue weighted by Gasteiger charge is -2.42. The van der Waals surface area contributed by atoms with Crippen molar-refractivity contribution in [1.29, 1.82) is 0 Å². The molecule has 4 amide bonds. The van der Waals surface area contributed by atoms with E-state index in [1.807, 2.05) is 40.1 Å². The number of fused-ring (bicyclic) bond motifs is 1. The van der Waals surface area contributed by atoms with Crippen LogP contribution in [-0.2, 0) is 22.4 Å². The molecule has 0 spiro atoms. The average Bonchev–Trinajstić information content (AvgIpc) is 3.24. The van der Waals surface area contributed by atoms with Gasteiger partial charge in [-0.2, -0.15) is 0 Å². The monoisotopic (exact) mass is 670 g/mol. The third kappa shape index (κ3) is 7.73. The van der Waals surface area contributed by atoms with E-state index in [4.69, 9.17) is 27.9 Å². The Balaban J connectivity index is 1.07. The summed E-state index contributed by atoms with van der Waals surface area (Å²) in [6.07, 6.45) is 2.62. The van der Waals surface area contributed by atoms with Crippen LogP contribution in [-0.4, -0.2) is 127 Å². The molecule has 12 heteroatoms. The summed E-state index contributed by atoms with van der Waals surface area (Å²) in [5.41, 5.74) is 2.76. The average molecular weight is 672 g/mol. The Morgan fingerprint density at radius 2 is 1.52 bits per heavy atom. The van der Waals surface area contributed by atoms with Crippen molar-refractivity contribution >= 4 is 46.9 Å². The number of rotatable bonds is 6. The molecule has 248 valence electrons. The molecule has 0 bridgehead atoms. The standard InChI is InChI=1S/C34H44Cl2N6O4/c1-38-18-20-39(21-19-38)26-9-13-40(14-10-26)32(43)31(23-24-6-7-28(35)29(36)22-24)46-34(45)41-15-11-27(12-16-41)42-17-8-25-4-2-3-5-30(25)37-33(42)44/h2-7,22,26-27,31H,8-21,23H2,1H3,(H,37,44)/t31-/m1/s1. The van der Waals surface area contributed by atoms with Gasteiger partial charge in [0.05, 0.1) is 10.0 Å². The van der Waals surface area contributed by atoms with Gasteiger partial charge in [0.1, 0.15) is 0 Å². The van der Waals surface area contributed by atoms with Crippen LogP contribution in [0.2, 0.25) is 10.0 Å². The maximum absolute atomic E-state index is 13.9. The summed E-state index contributed by atoms with van der Waals surface area (Å²) >= 11 is 12.4. The predicted molar refractivity (Wildman–Crippen MR) is 180 cm³/mol. The number of piperidine rings is 2. The van der Waals surface area contributed by atoms with Crippen LogP contribution in [0.25, 0.3) is 0 Å². The molecule has 0 aromatic heterocycles. The van der Waals surface area contributed by atoms with Crippen molar-refractivity contribution < 1.29 is 19.1 Å². The SMILES string of the molecule is CN1CCN(C2CCN(C(=O)[C@@H](Cc3ccc(Cl)c(Cl)c3)OC(=O)N3CCC(N4CCc5ccccc5NC4=O)CC3)CC2)CC1. The Hall–Kier alpha value is -3.05. The normalized spacial score (nSPS) is 21.4. The molecule has 6 rings (SSSR count). The number of urea groups is 1. The Labute approximate surface area is 281 Å². The number of benzene rings is 2. The molecule has 3 fully saturated rings. The molecule has 0 unspecified atom stereocenters. The summed E-state index contributed by atoms with van der Waals surface area (Å²) < 4.78 is 6.01. The third-order valence-electron chi connectivity index (χ3n) is 10.1. The second kappa shape index (κ2) is 14.8. The second-order valence-corrected chi connectivity index (χ2v) is 13.8. The molecule has 3 saturated heterocycles. The summed E-state index contributed by atoms with van der Waals surface area (Å²) in [7, 11) is 2.16. The lowest BCUT2D eigenvalue weighted by atomic mass is 10.0. The van der Waals surface area contributed by atoms with E-state index in [9.17, 15) is 14.4 Å². The molecule has 4 heterocycles. The van der Waals surface area contributed by atoms with Crippen LogP contribution >= 0.6 is 23.2 Å². The summed E-state index contributed by atoms with van der Waals surface area (Å²) in [5.74, 6) is -0.174. The van der Waals surface area contributed by atoms with Crippen LogP contribution in [0.5, 0.6) is 0 Å². The van der Waals surface area contributed by atoms with E-state index in [0.29, 0.717) is 61.7 Å². The molecule has 2 aromatic rings. The van der Waals surface area contributed by atoms with Gasteiger partial charge in [-0.3, -0.25) is 9.69 Å². The fourth-order valence-corrected chi connectivity index (χ4v) is 7.52. The predicted octanol–water partition coefficient (Wildman–Crippen LogP) is 4.83. The minimum Gasteiger partial charge on any atom is -0.436 e. The summed E-state index contributed by atoms with van der Waals surface area (Å²) in [6.45, 7) is 7.04. The zero-order valence-corrected chi connectivity index (χ0v) is 28.0. The molecular formula is C34H44Cl2N6O4. The van der Waals surface area contributed by atoms with Crippen LogP contribution in [0.1, 0.15) is 36.8 Å². The largest absolute Gasteiger partial charge is 0.436 e. The number of carbonyl (C=O) groups is 3. The molecule has 0 radical (unpaired) electrons. The fraction of sp³-hybridized carbons (Fsp3) is 0.559. The third-order valence-corrected chi connectivity index (χ3v) is 10.8. The number of carbonyl (C=O) groups excluding carboxylic acids is 3. The number of ether oxygens (including phenoxy) is 1. The molecule has 4 aliphatic heterocycles. The van der Waals surface area contributed by atoms with Crippen molar-refractivity contribution in [2.24, 2.45) is 0 Å². The molecular weight excluding hydrogens is 627 g/mol. The van der Waals surface area contributed by atoms with Gasteiger partial charge >= 0.3 is 12.1 Å². The number of amides is 4. The van der Waals surface area contributed by atoms with E-state index in [-0.39, 0.29) is 24.4 Å². The van der Waals surface area contributed by atoms with Gasteiger partial charge in [-0.05, 0) is 68.5 Å². The summed E-state index contributed by atoms with van der Waals surface area (Å²) in [5, 5.41) is 3.87. The van der Waals surface area contributed by atoms with E-state index in [2.05, 4.69) is 22.2 Å². The van der Waals surface area contributed by atoms with Crippen LogP contribution < -0.4 is 5.32 Å². The van der Waals surface area contributed by atoms with Crippen molar-refractivity contribution in [1.82, 2.24) is 24.5 Å². The molecule has 0 saturated carbocycles. The highest BCUT2D eigenvalue weighted by atomic mass is 35.5. The van der Waals surface area contributed by atoms with Gasteiger partial charge in [-0.15, -0.1) is 0 Å². The topological polar surface area (TPSA) is 88.7 Å². The number of nitrogens with zero attached hydrogens (tertiary/aromatic N) is 5. The highest BCUT2D eigenvalue weighted by Gasteiger charge is 2.36. The molecule has 46 heavy (non-hydrogen) atoms. The van der Waals surface area contributed by atoms with E-state index in [1.54, 1.807) is 17.0 Å². The van der Waals surface area contributed by atoms with Crippen LogP contribution in [0.15, 0.2) is 42.5 Å². The Bertz CT molecular complexity index is 1400. The van der Waals surface area contributed by atoms with Crippen molar-refractivity contribution in [3.8, 4) is 0 Å². The first kappa shape index (κ1) is 32.9. The first-order valence-electron chi connectivity index (χ1n) is 16.5. The molecule has 4 aliphatic rings. The molecule has 1 N–H and O–H groups in total. The lowest BCUT2D eigenvalue weighted by Crippen LogP contribution is -2.54. The van der Waals surface area contributed by atoms with Crippen molar-refractivity contribution in [3.05, 3.63) is 63.6 Å². The number of nitrogens with one attached hydrogen (secondary N) is 1. The lowest BCUT2D eigenvalue weighted by molar-refractivity contribution is -0.142. The molecule has 1 atom stereocenters. The maximum atomic E-state index is 13.9. The minimum absolute atomic E-state index is 0.0219. The maximum Gasteiger partial charge on any atom is 0.410 e. The number of para-hydroxylation sites is 1. The first-order chi connectivity index (χ1) is 22.2. The zero-order chi connectivity index (χ0) is 32.2. The molecule has 2 aromatic carbocycles. The van der Waals surface area contributed by atoms with E-state index in [1.165, 1.54) is 0 Å². The van der Waals surface area contributed by atoms with Gasteiger partial charge in [0, 0.05) is 83.1 Å². The molecule has 10 nitrogen and oxygen atoms in total. The van der Waals surface area contributed by atoms with Crippen LogP contribution in [0.3, 0.4) is 0 Å². The van der Waals surface area contributed by atoms with Crippen LogP contribution in [0.4, 0.5) is 15.3 Å². The quantitative estimate of drug-likeness (QED) is 0.474. The number of likely N-dealkylation sites (N-methyl/N-ethyl adjacent to an activating group) is 1. The first-order valence-corrected chi connectivity index (χ1v) is 17.3. The number of hydrogen-bond acceptors (Lipinski definition) is 6. The minimum atomic E-state index is -0.974. The zero-order valence-electron chi connectivity index (χ0n) is 26.5. The Kier molecular flexibility index (Phi) is 10.6. The number of anilines is 1. The number of piperazine rings is 1. The fourth-order valence-electron chi connectivity index (χ4n) is 7.20. The van der Waals surface area contributed by atoms with Gasteiger partial charge in [-0.1, -0.05) is 47.5 Å². The smallest absolute Gasteiger partial charge is 0.410 e. The van der Waals surface area contributed by atoms with E-state index in [0.717, 1.165) is 62.3 Å². The highest BCUT2D eigenvalue weighted by Crippen LogP contribution is 2.27. The number of hydrogen-bond donors (Lipinski definition) is 1. The van der Waals surface area contributed by atoms with Gasteiger partial charge in [0.2, 0.25) is 0 Å². The number of likely N-dealkylation sites (tertiary alicyclic amines) is 2. The van der Waals surface area contributed by atoms with Crippen molar-refractivity contribution in [2.75, 3.05) is 71.3 Å². The Morgan fingerprint density at radius 1 is 0.848 bits per heavy atom. The summed E-state index contributed by atoms with van der Waals surface area (Å²) in [6, 6.07) is 13.5. The van der Waals surface area contributed by atoms with Gasteiger partial charge in [-0.25, -0.2) is 9.59 Å². The molecule has 0 aliphatic carbocycles. The Morgan fingerprint density at radius 3 is 2.24 bits per heavy atom. The van der Waals surface area contributed by atoms with Gasteiger partial charge < -0.3 is 29.7 Å². The van der Waals surface area contributed by atoms with Gasteiger partial charge in [0.15, 0.2) is 6.10 Å². The van der Waals surface area contributed by atoms with E-state index >= 15 is 0 Å². The van der Waals surface area contributed by atoms with Gasteiger partial charge in [0.25, 0.3) is 5.91 Å². The van der Waals surface area contributed by atoms with Crippen molar-refractivity contribution in [3.63, 3.8) is 0 Å². The number of halogens is 2. The van der Waals surface area contributed by atoms with Crippen molar-refractivity contribution in [2.45, 2.75) is 56.7 Å². The van der Waals surface area contributed by atoms with E-state index < -0.39 is 12.2 Å². The second-order valence-electron chi connectivity index (χ2n) is 13.0. The summed E-state index contributed by atoms with van der Waals surface area (Å²) in [4.78, 5) is 50.8. The van der Waals surface area contributed by atoms with Crippen LogP contribution in [0, 0.1) is 0 Å².